The van der Waals surface area contributed by atoms with Crippen LogP contribution >= 0.6 is 15.9 Å². The van der Waals surface area contributed by atoms with Crippen molar-refractivity contribution in [2.24, 2.45) is 0 Å². The lowest BCUT2D eigenvalue weighted by atomic mass is 10.0. The number of nitrogens with zero attached hydrogens (tertiary/aromatic N) is 2. The Kier molecular flexibility index (Phi) is 3.23. The zero-order valence-corrected chi connectivity index (χ0v) is 11.9. The molecule has 0 aliphatic rings. The lowest BCUT2D eigenvalue weighted by molar-refractivity contribution is 0.624. The minimum Gasteiger partial charge on any atom is -0.382 e. The van der Waals surface area contributed by atoms with Crippen molar-refractivity contribution in [1.29, 1.82) is 0 Å². The molecule has 0 bridgehead atoms. The van der Waals surface area contributed by atoms with E-state index in [1.165, 1.54) is 6.20 Å². The quantitative estimate of drug-likeness (QED) is 0.753. The first-order valence-corrected chi connectivity index (χ1v) is 6.66. The van der Waals surface area contributed by atoms with Crippen LogP contribution in [0.1, 0.15) is 0 Å². The lowest BCUT2D eigenvalue weighted by Crippen LogP contribution is -1.91. The molecule has 3 aromatic rings. The van der Waals surface area contributed by atoms with Crippen LogP contribution in [0.2, 0.25) is 0 Å². The maximum atomic E-state index is 13.9. The minimum atomic E-state index is -0.424. The molecular formula is C14H10BrFN4. The third-order valence-corrected chi connectivity index (χ3v) is 3.44. The highest BCUT2D eigenvalue weighted by molar-refractivity contribution is 9.10. The van der Waals surface area contributed by atoms with Gasteiger partial charge in [-0.3, -0.25) is 10.1 Å². The minimum absolute atomic E-state index is 0.328. The number of nitrogen functional groups attached to an aromatic ring is 1. The van der Waals surface area contributed by atoms with E-state index in [0.717, 1.165) is 16.2 Å². The molecule has 0 fully saturated rings. The number of benzene rings is 1. The van der Waals surface area contributed by atoms with Crippen LogP contribution in [-0.4, -0.2) is 15.2 Å². The maximum absolute atomic E-state index is 13.9. The van der Waals surface area contributed by atoms with E-state index >= 15 is 0 Å². The van der Waals surface area contributed by atoms with Gasteiger partial charge in [0.05, 0.1) is 17.5 Å². The maximum Gasteiger partial charge on any atom is 0.153 e. The number of hydrogen-bond donors (Lipinski definition) is 2. The lowest BCUT2D eigenvalue weighted by Gasteiger charge is -2.06. The number of anilines is 1. The van der Waals surface area contributed by atoms with E-state index in [-0.39, 0.29) is 0 Å². The fourth-order valence-electron chi connectivity index (χ4n) is 2.07. The van der Waals surface area contributed by atoms with Gasteiger partial charge in [0, 0.05) is 16.2 Å². The molecule has 3 rings (SSSR count). The van der Waals surface area contributed by atoms with Gasteiger partial charge in [0.2, 0.25) is 0 Å². The molecule has 0 aliphatic heterocycles. The first-order valence-electron chi connectivity index (χ1n) is 5.86. The van der Waals surface area contributed by atoms with Gasteiger partial charge in [-0.1, -0.05) is 28.1 Å². The molecule has 0 spiro atoms. The molecule has 0 unspecified atom stereocenters. The van der Waals surface area contributed by atoms with Gasteiger partial charge in [0.15, 0.2) is 11.6 Å². The molecule has 6 heteroatoms. The van der Waals surface area contributed by atoms with Crippen LogP contribution in [0, 0.1) is 5.82 Å². The molecule has 4 nitrogen and oxygen atoms in total. The fourth-order valence-corrected chi connectivity index (χ4v) is 2.46. The van der Waals surface area contributed by atoms with Crippen LogP contribution in [-0.2, 0) is 0 Å². The van der Waals surface area contributed by atoms with Crippen LogP contribution in [0.3, 0.4) is 0 Å². The Balaban J connectivity index is 2.23. The van der Waals surface area contributed by atoms with E-state index in [2.05, 4.69) is 31.1 Å². The highest BCUT2D eigenvalue weighted by Crippen LogP contribution is 2.36. The van der Waals surface area contributed by atoms with Gasteiger partial charge in [-0.05, 0) is 23.8 Å². The number of rotatable bonds is 2. The van der Waals surface area contributed by atoms with Gasteiger partial charge in [-0.15, -0.1) is 0 Å². The standard InChI is InChI=1S/C14H10BrFN4/c15-9-3-1-2-8(6-9)12-13(19-20-14(12)17)10-4-5-18-7-11(10)16/h1-7H,(H3,17,19,20). The van der Waals surface area contributed by atoms with Gasteiger partial charge >= 0.3 is 0 Å². The monoisotopic (exact) mass is 332 g/mol. The fraction of sp³-hybridized carbons (Fsp3) is 0. The van der Waals surface area contributed by atoms with E-state index in [9.17, 15) is 4.39 Å². The van der Waals surface area contributed by atoms with Crippen molar-refractivity contribution in [2.75, 3.05) is 5.73 Å². The second kappa shape index (κ2) is 5.05. The first kappa shape index (κ1) is 12.8. The number of halogens is 2. The van der Waals surface area contributed by atoms with E-state index < -0.39 is 5.82 Å². The molecule has 2 aromatic heterocycles. The summed E-state index contributed by atoms with van der Waals surface area (Å²) < 4.78 is 14.8. The Bertz CT molecular complexity index is 769. The summed E-state index contributed by atoms with van der Waals surface area (Å²) in [7, 11) is 0. The Labute approximate surface area is 123 Å². The number of nitrogens with two attached hydrogens (primary N) is 1. The Morgan fingerprint density at radius 2 is 2.10 bits per heavy atom. The van der Waals surface area contributed by atoms with Crippen LogP contribution in [0.15, 0.2) is 47.2 Å². The van der Waals surface area contributed by atoms with E-state index in [4.69, 9.17) is 5.73 Å². The smallest absolute Gasteiger partial charge is 0.153 e. The SMILES string of the molecule is Nc1n[nH]c(-c2ccncc2F)c1-c1cccc(Br)c1. The van der Waals surface area contributed by atoms with Crippen molar-refractivity contribution in [3.63, 3.8) is 0 Å². The molecule has 0 amide bonds. The molecule has 2 heterocycles. The first-order chi connectivity index (χ1) is 9.66. The molecule has 20 heavy (non-hydrogen) atoms. The van der Waals surface area contributed by atoms with Crippen LogP contribution < -0.4 is 5.73 Å². The molecule has 0 aliphatic carbocycles. The highest BCUT2D eigenvalue weighted by Gasteiger charge is 2.17. The largest absolute Gasteiger partial charge is 0.382 e. The van der Waals surface area contributed by atoms with Gasteiger partial charge < -0.3 is 5.73 Å². The van der Waals surface area contributed by atoms with E-state index in [1.807, 2.05) is 24.3 Å². The summed E-state index contributed by atoms with van der Waals surface area (Å²) in [5, 5.41) is 6.78. The predicted molar refractivity (Wildman–Crippen MR) is 79.3 cm³/mol. The summed E-state index contributed by atoms with van der Waals surface area (Å²) in [4.78, 5) is 3.75. The molecule has 0 radical (unpaired) electrons. The number of aromatic amines is 1. The van der Waals surface area contributed by atoms with Crippen LogP contribution in [0.5, 0.6) is 0 Å². The van der Waals surface area contributed by atoms with E-state index in [1.54, 1.807) is 6.07 Å². The molecule has 100 valence electrons. The Morgan fingerprint density at radius 1 is 1.25 bits per heavy atom. The third-order valence-electron chi connectivity index (χ3n) is 2.95. The summed E-state index contributed by atoms with van der Waals surface area (Å²) >= 11 is 3.41. The molecule has 1 aromatic carbocycles. The summed E-state index contributed by atoms with van der Waals surface area (Å²) in [6.45, 7) is 0. The van der Waals surface area contributed by atoms with Crippen molar-refractivity contribution in [2.45, 2.75) is 0 Å². The van der Waals surface area contributed by atoms with Gasteiger partial charge in [-0.25, -0.2) is 4.39 Å². The van der Waals surface area contributed by atoms with Crippen molar-refractivity contribution in [3.8, 4) is 22.4 Å². The van der Waals surface area contributed by atoms with Gasteiger partial charge in [0.1, 0.15) is 0 Å². The van der Waals surface area contributed by atoms with Crippen LogP contribution in [0.4, 0.5) is 10.2 Å². The predicted octanol–water partition coefficient (Wildman–Crippen LogP) is 3.62. The summed E-state index contributed by atoms with van der Waals surface area (Å²) in [6.07, 6.45) is 2.69. The Hall–Kier alpha value is -2.21. The number of aromatic nitrogens is 3. The number of H-pyrrole nitrogens is 1. The highest BCUT2D eigenvalue weighted by atomic mass is 79.9. The van der Waals surface area contributed by atoms with Crippen LogP contribution in [0.25, 0.3) is 22.4 Å². The molecule has 0 atom stereocenters. The summed E-state index contributed by atoms with van der Waals surface area (Å²) in [5.41, 5.74) is 8.38. The van der Waals surface area contributed by atoms with Crippen molar-refractivity contribution in [1.82, 2.24) is 15.2 Å². The molecule has 0 saturated heterocycles. The number of pyridine rings is 1. The third kappa shape index (κ3) is 2.18. The normalized spacial score (nSPS) is 10.7. The molecular weight excluding hydrogens is 323 g/mol. The summed E-state index contributed by atoms with van der Waals surface area (Å²) in [6, 6.07) is 9.19. The average Bonchev–Trinajstić information content (AvgIpc) is 2.81. The van der Waals surface area contributed by atoms with Crippen molar-refractivity contribution < 1.29 is 4.39 Å². The van der Waals surface area contributed by atoms with Crippen molar-refractivity contribution >= 4 is 21.7 Å². The number of nitrogens with one attached hydrogen (secondary N) is 1. The Morgan fingerprint density at radius 3 is 2.85 bits per heavy atom. The summed E-state index contributed by atoms with van der Waals surface area (Å²) in [5.74, 6) is -0.0956. The molecule has 3 N–H and O–H groups in total. The molecule has 0 saturated carbocycles. The van der Waals surface area contributed by atoms with Crippen molar-refractivity contribution in [3.05, 3.63) is 53.0 Å². The van der Waals surface area contributed by atoms with Gasteiger partial charge in [0.25, 0.3) is 0 Å². The number of hydrogen-bond acceptors (Lipinski definition) is 3. The zero-order valence-electron chi connectivity index (χ0n) is 10.3. The van der Waals surface area contributed by atoms with E-state index in [0.29, 0.717) is 22.6 Å². The topological polar surface area (TPSA) is 67.6 Å². The second-order valence-electron chi connectivity index (χ2n) is 4.22. The second-order valence-corrected chi connectivity index (χ2v) is 5.14. The zero-order chi connectivity index (χ0) is 14.1. The van der Waals surface area contributed by atoms with Gasteiger partial charge in [-0.2, -0.15) is 5.10 Å². The average molecular weight is 333 g/mol.